The Morgan fingerprint density at radius 2 is 2.33 bits per heavy atom. The minimum absolute atomic E-state index is 0.120. The number of hydrogen-bond donors (Lipinski definition) is 1. The smallest absolute Gasteiger partial charge is 0.229 e. The number of nitrogens with zero attached hydrogens (tertiary/aromatic N) is 1. The molecule has 1 saturated heterocycles. The van der Waals surface area contributed by atoms with E-state index >= 15 is 0 Å². The van der Waals surface area contributed by atoms with E-state index in [1.54, 1.807) is 0 Å². The summed E-state index contributed by atoms with van der Waals surface area (Å²) in [5.74, 6) is -0.0126. The summed E-state index contributed by atoms with van der Waals surface area (Å²) in [7, 11) is 0. The van der Waals surface area contributed by atoms with Gasteiger partial charge in [0.05, 0.1) is 5.92 Å². The lowest BCUT2D eigenvalue weighted by Gasteiger charge is -2.32. The normalized spacial score (nSPS) is 21.7. The van der Waals surface area contributed by atoms with Gasteiger partial charge in [-0.15, -0.1) is 0 Å². The van der Waals surface area contributed by atoms with Crippen molar-refractivity contribution in [3.8, 4) is 0 Å². The van der Waals surface area contributed by atoms with Crippen LogP contribution in [0.1, 0.15) is 31.2 Å². The average Bonchev–Trinajstić information content (AvgIpc) is 2.37. The Morgan fingerprint density at radius 3 is 3.00 bits per heavy atom. The quantitative estimate of drug-likeness (QED) is 0.893. The number of amides is 1. The predicted molar refractivity (Wildman–Crippen MR) is 73.7 cm³/mol. The number of hydrogen-bond acceptors (Lipinski definition) is 2. The molecule has 0 aromatic heterocycles. The second kappa shape index (κ2) is 5.72. The topological polar surface area (TPSA) is 46.3 Å². The molecule has 0 aliphatic carbocycles. The van der Waals surface area contributed by atoms with Gasteiger partial charge < -0.3 is 10.6 Å². The van der Waals surface area contributed by atoms with Crippen LogP contribution in [0.25, 0.3) is 0 Å². The molecule has 0 radical (unpaired) electrons. The summed E-state index contributed by atoms with van der Waals surface area (Å²) in [5.41, 5.74) is 6.88. The molecular weight excluding hydrogens is 248 g/mol. The highest BCUT2D eigenvalue weighted by Gasteiger charge is 2.25. The van der Waals surface area contributed by atoms with Crippen molar-refractivity contribution < 1.29 is 4.79 Å². The van der Waals surface area contributed by atoms with Crippen molar-refractivity contribution in [2.24, 2.45) is 5.73 Å². The fourth-order valence-corrected chi connectivity index (χ4v) is 2.60. The average molecular weight is 267 g/mol. The minimum atomic E-state index is -0.158. The summed E-state index contributed by atoms with van der Waals surface area (Å²) in [6.45, 7) is 3.41. The number of likely N-dealkylation sites (tertiary alicyclic amines) is 1. The van der Waals surface area contributed by atoms with Gasteiger partial charge in [-0.05, 0) is 37.5 Å². The molecule has 1 fully saturated rings. The lowest BCUT2D eigenvalue weighted by atomic mass is 9.97. The number of carbonyl (C=O) groups is 1. The van der Waals surface area contributed by atoms with Gasteiger partial charge in [0.2, 0.25) is 5.91 Å². The molecule has 2 unspecified atom stereocenters. The van der Waals surface area contributed by atoms with Crippen LogP contribution in [0.5, 0.6) is 0 Å². The molecule has 2 rings (SSSR count). The number of rotatable bonds is 2. The third-order valence-electron chi connectivity index (χ3n) is 3.49. The Morgan fingerprint density at radius 1 is 1.56 bits per heavy atom. The van der Waals surface area contributed by atoms with E-state index in [1.165, 1.54) is 0 Å². The first-order valence-electron chi connectivity index (χ1n) is 6.38. The molecule has 0 spiro atoms. The summed E-state index contributed by atoms with van der Waals surface area (Å²) >= 11 is 5.96. The molecular formula is C14H19ClN2O. The van der Waals surface area contributed by atoms with Gasteiger partial charge in [-0.25, -0.2) is 0 Å². The van der Waals surface area contributed by atoms with Crippen molar-refractivity contribution in [1.82, 2.24) is 4.90 Å². The van der Waals surface area contributed by atoms with Crippen LogP contribution in [0.4, 0.5) is 0 Å². The number of piperidine rings is 1. The third kappa shape index (κ3) is 3.03. The van der Waals surface area contributed by atoms with Gasteiger partial charge in [0, 0.05) is 24.2 Å². The molecule has 0 saturated carbocycles. The predicted octanol–water partition coefficient (Wildman–Crippen LogP) is 2.39. The van der Waals surface area contributed by atoms with Gasteiger partial charge in [-0.1, -0.05) is 23.7 Å². The largest absolute Gasteiger partial charge is 0.341 e. The molecule has 1 aliphatic heterocycles. The van der Waals surface area contributed by atoms with E-state index < -0.39 is 0 Å². The van der Waals surface area contributed by atoms with Gasteiger partial charge in [0.25, 0.3) is 0 Å². The summed E-state index contributed by atoms with van der Waals surface area (Å²) in [6, 6.07) is 7.61. The van der Waals surface area contributed by atoms with Crippen LogP contribution < -0.4 is 5.73 Å². The van der Waals surface area contributed by atoms with E-state index in [9.17, 15) is 4.79 Å². The van der Waals surface area contributed by atoms with Gasteiger partial charge in [0.1, 0.15) is 0 Å². The zero-order valence-corrected chi connectivity index (χ0v) is 11.4. The van der Waals surface area contributed by atoms with Crippen molar-refractivity contribution in [3.05, 3.63) is 34.9 Å². The zero-order chi connectivity index (χ0) is 13.1. The SMILES string of the molecule is CC(C(=O)N1CCCC(N)C1)c1cccc(Cl)c1. The highest BCUT2D eigenvalue weighted by Crippen LogP contribution is 2.22. The Balaban J connectivity index is 2.08. The van der Waals surface area contributed by atoms with Crippen LogP contribution in [0.15, 0.2) is 24.3 Å². The molecule has 4 heteroatoms. The highest BCUT2D eigenvalue weighted by atomic mass is 35.5. The maximum absolute atomic E-state index is 12.4. The molecule has 1 aromatic rings. The molecule has 3 nitrogen and oxygen atoms in total. The fraction of sp³-hybridized carbons (Fsp3) is 0.500. The Labute approximate surface area is 113 Å². The van der Waals surface area contributed by atoms with E-state index in [0.717, 1.165) is 24.9 Å². The molecule has 1 heterocycles. The van der Waals surface area contributed by atoms with E-state index in [0.29, 0.717) is 11.6 Å². The van der Waals surface area contributed by atoms with Gasteiger partial charge in [-0.2, -0.15) is 0 Å². The van der Waals surface area contributed by atoms with Crippen LogP contribution in [0.3, 0.4) is 0 Å². The minimum Gasteiger partial charge on any atom is -0.341 e. The van der Waals surface area contributed by atoms with Crippen molar-refractivity contribution in [2.45, 2.75) is 31.7 Å². The van der Waals surface area contributed by atoms with E-state index in [1.807, 2.05) is 36.1 Å². The maximum Gasteiger partial charge on any atom is 0.229 e. The first-order chi connectivity index (χ1) is 8.58. The summed E-state index contributed by atoms with van der Waals surface area (Å²) in [4.78, 5) is 14.3. The standard InChI is InChI=1S/C14H19ClN2O/c1-10(11-4-2-5-12(15)8-11)14(18)17-7-3-6-13(16)9-17/h2,4-5,8,10,13H,3,6-7,9,16H2,1H3. The molecule has 2 N–H and O–H groups in total. The fourth-order valence-electron chi connectivity index (χ4n) is 2.40. The monoisotopic (exact) mass is 266 g/mol. The highest BCUT2D eigenvalue weighted by molar-refractivity contribution is 6.30. The number of carbonyl (C=O) groups excluding carboxylic acids is 1. The second-order valence-corrected chi connectivity index (χ2v) is 5.40. The van der Waals surface area contributed by atoms with Crippen molar-refractivity contribution >= 4 is 17.5 Å². The Hall–Kier alpha value is -1.06. The first kappa shape index (κ1) is 13.4. The van der Waals surface area contributed by atoms with Crippen LogP contribution >= 0.6 is 11.6 Å². The first-order valence-corrected chi connectivity index (χ1v) is 6.75. The number of halogens is 1. The molecule has 18 heavy (non-hydrogen) atoms. The van der Waals surface area contributed by atoms with Gasteiger partial charge in [-0.3, -0.25) is 4.79 Å². The van der Waals surface area contributed by atoms with Crippen molar-refractivity contribution in [2.75, 3.05) is 13.1 Å². The van der Waals surface area contributed by atoms with Gasteiger partial charge >= 0.3 is 0 Å². The lowest BCUT2D eigenvalue weighted by molar-refractivity contribution is -0.133. The van der Waals surface area contributed by atoms with E-state index in [2.05, 4.69) is 0 Å². The second-order valence-electron chi connectivity index (χ2n) is 4.96. The molecule has 0 bridgehead atoms. The Kier molecular flexibility index (Phi) is 4.25. The van der Waals surface area contributed by atoms with Crippen LogP contribution in [-0.4, -0.2) is 29.9 Å². The van der Waals surface area contributed by atoms with E-state index in [-0.39, 0.29) is 17.9 Å². The summed E-state index contributed by atoms with van der Waals surface area (Å²) in [6.07, 6.45) is 2.00. The number of nitrogens with two attached hydrogens (primary N) is 1. The van der Waals surface area contributed by atoms with Crippen LogP contribution in [0, 0.1) is 0 Å². The third-order valence-corrected chi connectivity index (χ3v) is 3.72. The van der Waals surface area contributed by atoms with Crippen LogP contribution in [-0.2, 0) is 4.79 Å². The van der Waals surface area contributed by atoms with E-state index in [4.69, 9.17) is 17.3 Å². The van der Waals surface area contributed by atoms with Crippen molar-refractivity contribution in [1.29, 1.82) is 0 Å². The molecule has 1 amide bonds. The van der Waals surface area contributed by atoms with Crippen LogP contribution in [0.2, 0.25) is 5.02 Å². The molecule has 2 atom stereocenters. The molecule has 1 aliphatic rings. The van der Waals surface area contributed by atoms with Crippen molar-refractivity contribution in [3.63, 3.8) is 0 Å². The summed E-state index contributed by atoms with van der Waals surface area (Å²) < 4.78 is 0. The molecule has 1 aromatic carbocycles. The number of benzene rings is 1. The summed E-state index contributed by atoms with van der Waals surface area (Å²) in [5, 5.41) is 0.669. The zero-order valence-electron chi connectivity index (χ0n) is 10.6. The Bertz CT molecular complexity index is 436. The van der Waals surface area contributed by atoms with Gasteiger partial charge in [0.15, 0.2) is 0 Å². The lowest BCUT2D eigenvalue weighted by Crippen LogP contribution is -2.47. The molecule has 98 valence electrons. The maximum atomic E-state index is 12.4.